The summed E-state index contributed by atoms with van der Waals surface area (Å²) in [5.41, 5.74) is 0. The van der Waals surface area contributed by atoms with Crippen LogP contribution >= 0.6 is 0 Å². The first-order valence-electron chi connectivity index (χ1n) is 4.27. The van der Waals surface area contributed by atoms with Crippen LogP contribution in [0.5, 0.6) is 0 Å². The van der Waals surface area contributed by atoms with E-state index in [0.717, 1.165) is 6.54 Å². The van der Waals surface area contributed by atoms with Crippen molar-refractivity contribution >= 4 is 0 Å². The highest BCUT2D eigenvalue weighted by molar-refractivity contribution is 4.67. The van der Waals surface area contributed by atoms with Gasteiger partial charge in [0.1, 0.15) is 12.7 Å². The quantitative estimate of drug-likeness (QED) is 0.724. The molecule has 68 valence electrons. The number of aromatic nitrogens is 3. The Morgan fingerprint density at radius 1 is 1.42 bits per heavy atom. The molecule has 1 N–H and O–H groups in total. The van der Waals surface area contributed by atoms with Gasteiger partial charge in [0.05, 0.1) is 6.04 Å². The fraction of sp³-hybridized carbons (Fsp3) is 0.750. The van der Waals surface area contributed by atoms with Crippen molar-refractivity contribution in [2.75, 3.05) is 6.54 Å². The Balaban J connectivity index is 2.34. The third kappa shape index (κ3) is 2.62. The van der Waals surface area contributed by atoms with Crippen molar-refractivity contribution in [3.63, 3.8) is 0 Å². The second-order valence-electron chi connectivity index (χ2n) is 3.29. The highest BCUT2D eigenvalue weighted by atomic mass is 15.3. The van der Waals surface area contributed by atoms with Crippen LogP contribution in [0.15, 0.2) is 12.7 Å². The Morgan fingerprint density at radius 3 is 2.67 bits per heavy atom. The summed E-state index contributed by atoms with van der Waals surface area (Å²) in [6.45, 7) is 7.31. The summed E-state index contributed by atoms with van der Waals surface area (Å²) in [7, 11) is 0. The Bertz CT molecular complexity index is 205. The molecule has 0 saturated carbocycles. The van der Waals surface area contributed by atoms with E-state index in [1.807, 2.05) is 4.68 Å². The molecule has 0 aliphatic carbocycles. The standard InChI is InChI=1S/C8H16N4/c1-7(2)10-4-8(3)12-6-9-5-11-12/h5-8,10H,4H2,1-3H3. The fourth-order valence-corrected chi connectivity index (χ4v) is 0.945. The molecular formula is C8H16N4. The summed E-state index contributed by atoms with van der Waals surface area (Å²) in [4.78, 5) is 3.89. The Morgan fingerprint density at radius 2 is 2.17 bits per heavy atom. The average molecular weight is 168 g/mol. The van der Waals surface area contributed by atoms with E-state index in [0.29, 0.717) is 12.1 Å². The van der Waals surface area contributed by atoms with E-state index in [9.17, 15) is 0 Å². The number of hydrogen-bond acceptors (Lipinski definition) is 3. The number of nitrogens with one attached hydrogen (secondary N) is 1. The molecule has 0 spiro atoms. The van der Waals surface area contributed by atoms with Crippen LogP contribution in [-0.2, 0) is 0 Å². The second kappa shape index (κ2) is 4.21. The van der Waals surface area contributed by atoms with Crippen LogP contribution in [0, 0.1) is 0 Å². The maximum atomic E-state index is 4.06. The minimum atomic E-state index is 0.370. The molecule has 4 heteroatoms. The van der Waals surface area contributed by atoms with E-state index in [1.165, 1.54) is 0 Å². The van der Waals surface area contributed by atoms with Gasteiger partial charge in [-0.15, -0.1) is 0 Å². The molecular weight excluding hydrogens is 152 g/mol. The van der Waals surface area contributed by atoms with Gasteiger partial charge < -0.3 is 5.32 Å². The van der Waals surface area contributed by atoms with E-state index in [1.54, 1.807) is 12.7 Å². The predicted octanol–water partition coefficient (Wildman–Crippen LogP) is 0.837. The van der Waals surface area contributed by atoms with E-state index in [4.69, 9.17) is 0 Å². The first-order valence-corrected chi connectivity index (χ1v) is 4.27. The summed E-state index contributed by atoms with van der Waals surface area (Å²) in [6.07, 6.45) is 3.30. The lowest BCUT2D eigenvalue weighted by atomic mass is 10.3. The highest BCUT2D eigenvalue weighted by Gasteiger charge is 2.04. The lowest BCUT2D eigenvalue weighted by Crippen LogP contribution is -2.29. The van der Waals surface area contributed by atoms with Gasteiger partial charge in [-0.25, -0.2) is 9.67 Å². The lowest BCUT2D eigenvalue weighted by Gasteiger charge is -2.14. The van der Waals surface area contributed by atoms with Gasteiger partial charge in [0.2, 0.25) is 0 Å². The van der Waals surface area contributed by atoms with E-state index < -0.39 is 0 Å². The summed E-state index contributed by atoms with van der Waals surface area (Å²) in [5, 5.41) is 7.40. The summed E-state index contributed by atoms with van der Waals surface area (Å²) in [6, 6.07) is 0.894. The van der Waals surface area contributed by atoms with Crippen LogP contribution in [0.1, 0.15) is 26.8 Å². The first kappa shape index (κ1) is 9.19. The van der Waals surface area contributed by atoms with Crippen molar-refractivity contribution in [3.8, 4) is 0 Å². The van der Waals surface area contributed by atoms with Crippen LogP contribution in [0.25, 0.3) is 0 Å². The molecule has 0 radical (unpaired) electrons. The molecule has 1 rings (SSSR count). The van der Waals surface area contributed by atoms with Crippen LogP contribution in [0.3, 0.4) is 0 Å². The molecule has 0 aromatic carbocycles. The van der Waals surface area contributed by atoms with Crippen molar-refractivity contribution in [2.45, 2.75) is 32.9 Å². The fourth-order valence-electron chi connectivity index (χ4n) is 0.945. The van der Waals surface area contributed by atoms with Gasteiger partial charge >= 0.3 is 0 Å². The van der Waals surface area contributed by atoms with Gasteiger partial charge in [0.25, 0.3) is 0 Å². The van der Waals surface area contributed by atoms with Crippen LogP contribution in [0.2, 0.25) is 0 Å². The van der Waals surface area contributed by atoms with Crippen molar-refractivity contribution in [2.24, 2.45) is 0 Å². The molecule has 4 nitrogen and oxygen atoms in total. The average Bonchev–Trinajstić information content (AvgIpc) is 2.51. The van der Waals surface area contributed by atoms with Gasteiger partial charge in [0.15, 0.2) is 0 Å². The van der Waals surface area contributed by atoms with Gasteiger partial charge in [-0.1, -0.05) is 13.8 Å². The first-order chi connectivity index (χ1) is 5.70. The van der Waals surface area contributed by atoms with Crippen LogP contribution in [0.4, 0.5) is 0 Å². The van der Waals surface area contributed by atoms with Gasteiger partial charge in [-0.2, -0.15) is 5.10 Å². The molecule has 1 aromatic rings. The summed E-state index contributed by atoms with van der Waals surface area (Å²) < 4.78 is 1.86. The summed E-state index contributed by atoms with van der Waals surface area (Å²) in [5.74, 6) is 0. The monoisotopic (exact) mass is 168 g/mol. The Kier molecular flexibility index (Phi) is 3.22. The normalized spacial score (nSPS) is 13.7. The Labute approximate surface area is 73.0 Å². The van der Waals surface area contributed by atoms with E-state index in [2.05, 4.69) is 36.2 Å². The lowest BCUT2D eigenvalue weighted by molar-refractivity contribution is 0.432. The molecule has 1 atom stereocenters. The minimum Gasteiger partial charge on any atom is -0.312 e. The zero-order valence-corrected chi connectivity index (χ0v) is 7.86. The van der Waals surface area contributed by atoms with Crippen molar-refractivity contribution < 1.29 is 0 Å². The predicted molar refractivity (Wildman–Crippen MR) is 47.9 cm³/mol. The Hall–Kier alpha value is -0.900. The molecule has 0 bridgehead atoms. The van der Waals surface area contributed by atoms with Crippen molar-refractivity contribution in [3.05, 3.63) is 12.7 Å². The largest absolute Gasteiger partial charge is 0.312 e. The van der Waals surface area contributed by atoms with Crippen molar-refractivity contribution in [1.29, 1.82) is 0 Å². The number of nitrogens with zero attached hydrogens (tertiary/aromatic N) is 3. The van der Waals surface area contributed by atoms with Crippen LogP contribution < -0.4 is 5.32 Å². The molecule has 0 aliphatic heterocycles. The van der Waals surface area contributed by atoms with Gasteiger partial charge in [-0.05, 0) is 6.92 Å². The van der Waals surface area contributed by atoms with Crippen molar-refractivity contribution in [1.82, 2.24) is 20.1 Å². The highest BCUT2D eigenvalue weighted by Crippen LogP contribution is 1.99. The topological polar surface area (TPSA) is 42.7 Å². The minimum absolute atomic E-state index is 0.370. The molecule has 12 heavy (non-hydrogen) atoms. The smallest absolute Gasteiger partial charge is 0.137 e. The maximum absolute atomic E-state index is 4.06. The zero-order chi connectivity index (χ0) is 8.97. The molecule has 1 heterocycles. The second-order valence-corrected chi connectivity index (χ2v) is 3.29. The molecule has 1 unspecified atom stereocenters. The molecule has 0 amide bonds. The maximum Gasteiger partial charge on any atom is 0.137 e. The molecule has 0 aliphatic rings. The molecule has 0 saturated heterocycles. The van der Waals surface area contributed by atoms with Crippen LogP contribution in [-0.4, -0.2) is 27.4 Å². The van der Waals surface area contributed by atoms with Gasteiger partial charge in [0, 0.05) is 12.6 Å². The summed E-state index contributed by atoms with van der Waals surface area (Å²) >= 11 is 0. The molecule has 1 aromatic heterocycles. The number of hydrogen-bond donors (Lipinski definition) is 1. The van der Waals surface area contributed by atoms with E-state index >= 15 is 0 Å². The number of rotatable bonds is 4. The third-order valence-corrected chi connectivity index (χ3v) is 1.71. The SMILES string of the molecule is CC(C)NCC(C)n1cncn1. The zero-order valence-electron chi connectivity index (χ0n) is 7.86. The third-order valence-electron chi connectivity index (χ3n) is 1.71. The molecule has 0 fully saturated rings. The van der Waals surface area contributed by atoms with Gasteiger partial charge in [-0.3, -0.25) is 0 Å². The van der Waals surface area contributed by atoms with E-state index in [-0.39, 0.29) is 0 Å².